The second kappa shape index (κ2) is 6.04. The maximum atomic E-state index is 14.3. The molecule has 3 heteroatoms. The maximum absolute atomic E-state index is 14.3. The van der Waals surface area contributed by atoms with Gasteiger partial charge in [0.1, 0.15) is 5.65 Å². The van der Waals surface area contributed by atoms with Crippen molar-refractivity contribution in [1.82, 2.24) is 9.55 Å². The van der Waals surface area contributed by atoms with Crippen LogP contribution in [0.5, 0.6) is 0 Å². The van der Waals surface area contributed by atoms with Gasteiger partial charge in [0.15, 0.2) is 0 Å². The standard InChI is InChI=1S/C26H28N2O/c1-16-8-22-17(2)23(21-6-4-3-5-7-21)28(24(22)27-15-16)25(29)26-12-18-9-19(13-26)11-20(10-18)14-26/h3-8,15,18-20H,9-14H2,1-2H3. The third-order valence-electron chi connectivity index (χ3n) is 7.94. The van der Waals surface area contributed by atoms with Crippen molar-refractivity contribution in [2.45, 2.75) is 52.4 Å². The lowest BCUT2D eigenvalue weighted by Gasteiger charge is -2.55. The Kier molecular flexibility index (Phi) is 3.63. The lowest BCUT2D eigenvalue weighted by Crippen LogP contribution is -2.51. The highest BCUT2D eigenvalue weighted by Crippen LogP contribution is 2.61. The van der Waals surface area contributed by atoms with Crippen molar-refractivity contribution in [3.05, 3.63) is 53.7 Å². The molecule has 0 radical (unpaired) electrons. The zero-order chi connectivity index (χ0) is 19.8. The van der Waals surface area contributed by atoms with Crippen molar-refractivity contribution < 1.29 is 4.79 Å². The van der Waals surface area contributed by atoms with Gasteiger partial charge in [0, 0.05) is 11.6 Å². The first kappa shape index (κ1) is 17.4. The molecule has 1 aromatic carbocycles. The predicted octanol–water partition coefficient (Wildman–Crippen LogP) is 6.18. The summed E-state index contributed by atoms with van der Waals surface area (Å²) in [4.78, 5) is 19.1. The molecule has 4 aliphatic rings. The van der Waals surface area contributed by atoms with Gasteiger partial charge < -0.3 is 0 Å². The summed E-state index contributed by atoms with van der Waals surface area (Å²) in [6.07, 6.45) is 9.19. The first-order valence-corrected chi connectivity index (χ1v) is 11.1. The summed E-state index contributed by atoms with van der Waals surface area (Å²) < 4.78 is 2.01. The molecule has 0 aliphatic heterocycles. The molecule has 2 heterocycles. The van der Waals surface area contributed by atoms with Crippen LogP contribution in [0.3, 0.4) is 0 Å². The van der Waals surface area contributed by atoms with Gasteiger partial charge in [0.2, 0.25) is 5.91 Å². The molecule has 3 aromatic rings. The fraction of sp³-hybridized carbons (Fsp3) is 0.462. The summed E-state index contributed by atoms with van der Waals surface area (Å²) in [6.45, 7) is 4.22. The van der Waals surface area contributed by atoms with Gasteiger partial charge in [0.25, 0.3) is 0 Å². The molecule has 7 rings (SSSR count). The zero-order valence-corrected chi connectivity index (χ0v) is 17.3. The van der Waals surface area contributed by atoms with E-state index >= 15 is 0 Å². The predicted molar refractivity (Wildman–Crippen MR) is 116 cm³/mol. The number of pyridine rings is 1. The van der Waals surface area contributed by atoms with Gasteiger partial charge >= 0.3 is 0 Å². The van der Waals surface area contributed by atoms with Gasteiger partial charge in [-0.05, 0) is 92.9 Å². The van der Waals surface area contributed by atoms with E-state index in [2.05, 4.69) is 44.2 Å². The Morgan fingerprint density at radius 3 is 2.24 bits per heavy atom. The summed E-state index contributed by atoms with van der Waals surface area (Å²) in [5.41, 5.74) is 5.12. The molecular formula is C26H28N2O. The minimum atomic E-state index is -0.177. The minimum Gasteiger partial charge on any atom is -0.273 e. The summed E-state index contributed by atoms with van der Waals surface area (Å²) >= 11 is 0. The molecule has 4 bridgehead atoms. The molecule has 4 aliphatic carbocycles. The van der Waals surface area contributed by atoms with Crippen LogP contribution in [0.1, 0.15) is 54.4 Å². The first-order chi connectivity index (χ1) is 14.0. The molecule has 0 N–H and O–H groups in total. The Bertz CT molecular complexity index is 1090. The van der Waals surface area contributed by atoms with Crippen LogP contribution in [-0.2, 0) is 0 Å². The van der Waals surface area contributed by atoms with Crippen LogP contribution >= 0.6 is 0 Å². The number of hydrogen-bond donors (Lipinski definition) is 0. The topological polar surface area (TPSA) is 34.9 Å². The third-order valence-corrected chi connectivity index (χ3v) is 7.94. The van der Waals surface area contributed by atoms with E-state index in [1.807, 2.05) is 16.8 Å². The Morgan fingerprint density at radius 2 is 1.62 bits per heavy atom. The quantitative estimate of drug-likeness (QED) is 0.529. The average molecular weight is 385 g/mol. The Balaban J connectivity index is 1.58. The molecule has 4 saturated carbocycles. The van der Waals surface area contributed by atoms with Crippen molar-refractivity contribution in [3.63, 3.8) is 0 Å². The fourth-order valence-corrected chi connectivity index (χ4v) is 7.17. The van der Waals surface area contributed by atoms with Crippen LogP contribution in [0, 0.1) is 37.0 Å². The van der Waals surface area contributed by atoms with Crippen LogP contribution in [0.4, 0.5) is 0 Å². The summed E-state index contributed by atoms with van der Waals surface area (Å²) in [5.74, 6) is 2.57. The molecule has 0 unspecified atom stereocenters. The van der Waals surface area contributed by atoms with Crippen LogP contribution < -0.4 is 0 Å². The van der Waals surface area contributed by atoms with Gasteiger partial charge in [-0.15, -0.1) is 0 Å². The third kappa shape index (κ3) is 2.49. The van der Waals surface area contributed by atoms with Crippen LogP contribution in [0.2, 0.25) is 0 Å². The highest BCUT2D eigenvalue weighted by Gasteiger charge is 2.55. The molecule has 29 heavy (non-hydrogen) atoms. The largest absolute Gasteiger partial charge is 0.273 e. The van der Waals surface area contributed by atoms with E-state index in [4.69, 9.17) is 4.98 Å². The molecular weight excluding hydrogens is 356 g/mol. The second-order valence-electron chi connectivity index (χ2n) is 10.1. The molecule has 0 amide bonds. The normalized spacial score (nSPS) is 30.2. The molecule has 3 nitrogen and oxygen atoms in total. The van der Waals surface area contributed by atoms with Crippen molar-refractivity contribution >= 4 is 16.9 Å². The highest BCUT2D eigenvalue weighted by molar-refractivity contribution is 6.01. The monoisotopic (exact) mass is 384 g/mol. The lowest BCUT2D eigenvalue weighted by atomic mass is 9.49. The van der Waals surface area contributed by atoms with Crippen LogP contribution in [0.25, 0.3) is 22.3 Å². The van der Waals surface area contributed by atoms with Crippen molar-refractivity contribution in [2.75, 3.05) is 0 Å². The van der Waals surface area contributed by atoms with Gasteiger partial charge in [-0.2, -0.15) is 0 Å². The fourth-order valence-electron chi connectivity index (χ4n) is 7.17. The summed E-state index contributed by atoms with van der Waals surface area (Å²) in [5, 5.41) is 1.11. The Morgan fingerprint density at radius 1 is 1.00 bits per heavy atom. The minimum absolute atomic E-state index is 0.177. The zero-order valence-electron chi connectivity index (χ0n) is 17.3. The second-order valence-corrected chi connectivity index (χ2v) is 10.1. The van der Waals surface area contributed by atoms with E-state index in [-0.39, 0.29) is 5.41 Å². The number of hydrogen-bond acceptors (Lipinski definition) is 2. The summed E-state index contributed by atoms with van der Waals surface area (Å²) in [7, 11) is 0. The van der Waals surface area contributed by atoms with Crippen LogP contribution in [-0.4, -0.2) is 15.5 Å². The number of benzene rings is 1. The van der Waals surface area contributed by atoms with Gasteiger partial charge in [-0.3, -0.25) is 9.36 Å². The van der Waals surface area contributed by atoms with Crippen molar-refractivity contribution in [3.8, 4) is 11.3 Å². The molecule has 4 fully saturated rings. The van der Waals surface area contributed by atoms with Crippen molar-refractivity contribution in [1.29, 1.82) is 0 Å². The van der Waals surface area contributed by atoms with E-state index in [1.54, 1.807) is 0 Å². The van der Waals surface area contributed by atoms with E-state index in [0.29, 0.717) is 5.91 Å². The maximum Gasteiger partial charge on any atom is 0.239 e. The number of carbonyl (C=O) groups excluding carboxylic acids is 1. The number of rotatable bonds is 2. The molecule has 2 aromatic heterocycles. The van der Waals surface area contributed by atoms with E-state index in [1.165, 1.54) is 24.8 Å². The Hall–Kier alpha value is -2.42. The summed E-state index contributed by atoms with van der Waals surface area (Å²) in [6, 6.07) is 12.6. The molecule has 0 atom stereocenters. The molecule has 0 spiro atoms. The average Bonchev–Trinajstić information content (AvgIpc) is 2.99. The van der Waals surface area contributed by atoms with Gasteiger partial charge in [-0.1, -0.05) is 30.3 Å². The molecule has 0 saturated heterocycles. The number of aryl methyl sites for hydroxylation is 2. The lowest BCUT2D eigenvalue weighted by molar-refractivity contribution is -0.0397. The number of aromatic nitrogens is 2. The smallest absolute Gasteiger partial charge is 0.239 e. The van der Waals surface area contributed by atoms with E-state index < -0.39 is 0 Å². The first-order valence-electron chi connectivity index (χ1n) is 11.1. The highest BCUT2D eigenvalue weighted by atomic mass is 16.2. The van der Waals surface area contributed by atoms with Crippen LogP contribution in [0.15, 0.2) is 42.6 Å². The van der Waals surface area contributed by atoms with Gasteiger partial charge in [0.05, 0.1) is 11.1 Å². The number of carbonyl (C=O) groups is 1. The van der Waals surface area contributed by atoms with E-state index in [0.717, 1.165) is 64.9 Å². The molecule has 148 valence electrons. The number of fused-ring (bicyclic) bond motifs is 1. The SMILES string of the molecule is Cc1cnc2c(c1)c(C)c(-c1ccccc1)n2C(=O)C12CC3CC(CC(C3)C1)C2. The van der Waals surface area contributed by atoms with Crippen molar-refractivity contribution in [2.24, 2.45) is 23.2 Å². The Labute approximate surface area is 172 Å². The van der Waals surface area contributed by atoms with E-state index in [9.17, 15) is 4.79 Å². The van der Waals surface area contributed by atoms with Gasteiger partial charge in [-0.25, -0.2) is 4.98 Å². The number of nitrogens with zero attached hydrogens (tertiary/aromatic N) is 2.